The standard InChI is InChI=1S/C13H23NO3/c1-8-9(2)17-10(3)12(8)13(16)14-6-4-5-11(15)7-14/h8-12,15H,4-7H2,1-3H3. The summed E-state index contributed by atoms with van der Waals surface area (Å²) in [6.07, 6.45) is 1.50. The Morgan fingerprint density at radius 2 is 2.00 bits per heavy atom. The first-order valence-electron chi connectivity index (χ1n) is 6.63. The first kappa shape index (κ1) is 12.8. The van der Waals surface area contributed by atoms with Crippen molar-refractivity contribution >= 4 is 5.91 Å². The molecule has 2 rings (SSSR count). The number of nitrogens with zero attached hydrogens (tertiary/aromatic N) is 1. The van der Waals surface area contributed by atoms with Crippen molar-refractivity contribution in [1.82, 2.24) is 4.90 Å². The molecule has 2 heterocycles. The predicted octanol–water partition coefficient (Wildman–Crippen LogP) is 1.03. The van der Waals surface area contributed by atoms with Gasteiger partial charge in [0.25, 0.3) is 0 Å². The number of rotatable bonds is 1. The summed E-state index contributed by atoms with van der Waals surface area (Å²) < 4.78 is 5.71. The molecule has 98 valence electrons. The summed E-state index contributed by atoms with van der Waals surface area (Å²) in [4.78, 5) is 14.3. The molecule has 0 aromatic heterocycles. The van der Waals surface area contributed by atoms with Crippen molar-refractivity contribution in [1.29, 1.82) is 0 Å². The second-order valence-corrected chi connectivity index (χ2v) is 5.51. The lowest BCUT2D eigenvalue weighted by Crippen LogP contribution is -2.47. The first-order valence-corrected chi connectivity index (χ1v) is 6.63. The minimum Gasteiger partial charge on any atom is -0.391 e. The zero-order chi connectivity index (χ0) is 12.6. The monoisotopic (exact) mass is 241 g/mol. The zero-order valence-corrected chi connectivity index (χ0v) is 10.9. The van der Waals surface area contributed by atoms with Crippen LogP contribution in [0.5, 0.6) is 0 Å². The van der Waals surface area contributed by atoms with Crippen LogP contribution in [-0.2, 0) is 9.53 Å². The van der Waals surface area contributed by atoms with Gasteiger partial charge in [-0.3, -0.25) is 4.79 Å². The van der Waals surface area contributed by atoms with Crippen LogP contribution < -0.4 is 0 Å². The molecule has 0 spiro atoms. The van der Waals surface area contributed by atoms with Gasteiger partial charge in [-0.15, -0.1) is 0 Å². The van der Waals surface area contributed by atoms with Gasteiger partial charge < -0.3 is 14.7 Å². The van der Waals surface area contributed by atoms with Gasteiger partial charge in [-0.25, -0.2) is 0 Å². The molecule has 2 fully saturated rings. The fraction of sp³-hybridized carbons (Fsp3) is 0.923. The van der Waals surface area contributed by atoms with E-state index in [1.807, 2.05) is 18.7 Å². The molecule has 1 N–H and O–H groups in total. The molecule has 0 aromatic rings. The van der Waals surface area contributed by atoms with E-state index in [9.17, 15) is 9.90 Å². The summed E-state index contributed by atoms with van der Waals surface area (Å²) in [6, 6.07) is 0. The topological polar surface area (TPSA) is 49.8 Å². The lowest BCUT2D eigenvalue weighted by atomic mass is 9.88. The maximum atomic E-state index is 12.4. The van der Waals surface area contributed by atoms with Crippen molar-refractivity contribution in [2.75, 3.05) is 13.1 Å². The normalized spacial score (nSPS) is 42.8. The van der Waals surface area contributed by atoms with Crippen LogP contribution in [0.3, 0.4) is 0 Å². The quantitative estimate of drug-likeness (QED) is 0.746. The Morgan fingerprint density at radius 3 is 2.53 bits per heavy atom. The molecule has 0 aromatic carbocycles. The van der Waals surface area contributed by atoms with E-state index in [2.05, 4.69) is 6.92 Å². The maximum Gasteiger partial charge on any atom is 0.228 e. The van der Waals surface area contributed by atoms with Gasteiger partial charge in [0.1, 0.15) is 0 Å². The summed E-state index contributed by atoms with van der Waals surface area (Å²) in [5.74, 6) is 0.375. The van der Waals surface area contributed by atoms with E-state index < -0.39 is 0 Å². The zero-order valence-electron chi connectivity index (χ0n) is 10.9. The van der Waals surface area contributed by atoms with Crippen LogP contribution >= 0.6 is 0 Å². The summed E-state index contributed by atoms with van der Waals surface area (Å²) >= 11 is 0. The van der Waals surface area contributed by atoms with Gasteiger partial charge in [0.2, 0.25) is 5.91 Å². The van der Waals surface area contributed by atoms with Crippen LogP contribution in [0.15, 0.2) is 0 Å². The molecular weight excluding hydrogens is 218 g/mol. The SMILES string of the molecule is CC1OC(C)C(C(=O)N2CCCC(O)C2)C1C. The molecule has 0 saturated carbocycles. The Balaban J connectivity index is 2.04. The van der Waals surface area contributed by atoms with Crippen molar-refractivity contribution in [2.24, 2.45) is 11.8 Å². The fourth-order valence-corrected chi connectivity index (χ4v) is 3.06. The van der Waals surface area contributed by atoms with Crippen LogP contribution in [0.25, 0.3) is 0 Å². The number of hydrogen-bond acceptors (Lipinski definition) is 3. The Hall–Kier alpha value is -0.610. The third-order valence-corrected chi connectivity index (χ3v) is 4.24. The number of ether oxygens (including phenoxy) is 1. The van der Waals surface area contributed by atoms with Gasteiger partial charge in [-0.1, -0.05) is 6.92 Å². The number of carbonyl (C=O) groups excluding carboxylic acids is 1. The van der Waals surface area contributed by atoms with E-state index in [0.717, 1.165) is 19.4 Å². The summed E-state index contributed by atoms with van der Waals surface area (Å²) in [5.41, 5.74) is 0. The average molecular weight is 241 g/mol. The van der Waals surface area contributed by atoms with Crippen molar-refractivity contribution in [3.05, 3.63) is 0 Å². The molecule has 4 nitrogen and oxygen atoms in total. The van der Waals surface area contributed by atoms with Crippen molar-refractivity contribution in [3.63, 3.8) is 0 Å². The van der Waals surface area contributed by atoms with E-state index >= 15 is 0 Å². The molecule has 17 heavy (non-hydrogen) atoms. The van der Waals surface area contributed by atoms with E-state index in [1.54, 1.807) is 0 Å². The van der Waals surface area contributed by atoms with Gasteiger partial charge in [-0.2, -0.15) is 0 Å². The minimum atomic E-state index is -0.349. The van der Waals surface area contributed by atoms with E-state index in [1.165, 1.54) is 0 Å². The van der Waals surface area contributed by atoms with Gasteiger partial charge in [0, 0.05) is 13.1 Å². The van der Waals surface area contributed by atoms with E-state index in [-0.39, 0.29) is 36.1 Å². The highest BCUT2D eigenvalue weighted by molar-refractivity contribution is 5.80. The maximum absolute atomic E-state index is 12.4. The van der Waals surface area contributed by atoms with Crippen molar-refractivity contribution in [3.8, 4) is 0 Å². The van der Waals surface area contributed by atoms with Crippen molar-refractivity contribution in [2.45, 2.75) is 51.9 Å². The number of β-amino-alcohol motifs (C(OH)–C–C–N with tert-alkyl or cyclic N) is 1. The van der Waals surface area contributed by atoms with Gasteiger partial charge in [0.05, 0.1) is 24.2 Å². The number of hydrogen-bond donors (Lipinski definition) is 1. The molecule has 0 aliphatic carbocycles. The van der Waals surface area contributed by atoms with Crippen LogP contribution in [0.1, 0.15) is 33.6 Å². The largest absolute Gasteiger partial charge is 0.391 e. The number of carbonyl (C=O) groups is 1. The number of likely N-dealkylation sites (tertiary alicyclic amines) is 1. The number of amides is 1. The highest BCUT2D eigenvalue weighted by atomic mass is 16.5. The van der Waals surface area contributed by atoms with Gasteiger partial charge in [0.15, 0.2) is 0 Å². The van der Waals surface area contributed by atoms with Crippen LogP contribution in [0, 0.1) is 11.8 Å². The minimum absolute atomic E-state index is 0.00781. The molecule has 2 saturated heterocycles. The van der Waals surface area contributed by atoms with E-state index in [4.69, 9.17) is 4.74 Å². The summed E-state index contributed by atoms with van der Waals surface area (Å²) in [7, 11) is 0. The molecule has 1 amide bonds. The van der Waals surface area contributed by atoms with Crippen LogP contribution in [0.4, 0.5) is 0 Å². The third-order valence-electron chi connectivity index (χ3n) is 4.24. The molecule has 4 heteroatoms. The third kappa shape index (κ3) is 2.47. The Kier molecular flexibility index (Phi) is 3.73. The Bertz CT molecular complexity index is 294. The second-order valence-electron chi connectivity index (χ2n) is 5.51. The highest BCUT2D eigenvalue weighted by Gasteiger charge is 2.43. The predicted molar refractivity (Wildman–Crippen MR) is 64.5 cm³/mol. The average Bonchev–Trinajstić information content (AvgIpc) is 2.52. The molecule has 2 aliphatic rings. The number of aliphatic hydroxyl groups excluding tert-OH is 1. The fourth-order valence-electron chi connectivity index (χ4n) is 3.06. The molecule has 5 unspecified atom stereocenters. The number of aliphatic hydroxyl groups is 1. The van der Waals surface area contributed by atoms with Gasteiger partial charge in [-0.05, 0) is 32.6 Å². The van der Waals surface area contributed by atoms with Crippen molar-refractivity contribution < 1.29 is 14.6 Å². The molecule has 0 radical (unpaired) electrons. The Morgan fingerprint density at radius 1 is 1.29 bits per heavy atom. The second kappa shape index (κ2) is 4.94. The highest BCUT2D eigenvalue weighted by Crippen LogP contribution is 2.34. The van der Waals surface area contributed by atoms with E-state index in [0.29, 0.717) is 6.54 Å². The smallest absolute Gasteiger partial charge is 0.228 e. The molecular formula is C13H23NO3. The van der Waals surface area contributed by atoms with Gasteiger partial charge >= 0.3 is 0 Å². The summed E-state index contributed by atoms with van der Waals surface area (Å²) in [5, 5.41) is 9.63. The van der Waals surface area contributed by atoms with Crippen LogP contribution in [0.2, 0.25) is 0 Å². The molecule has 2 aliphatic heterocycles. The molecule has 5 atom stereocenters. The molecule has 0 bridgehead atoms. The lowest BCUT2D eigenvalue weighted by molar-refractivity contribution is -0.141. The number of piperidine rings is 1. The lowest BCUT2D eigenvalue weighted by Gasteiger charge is -2.33. The van der Waals surface area contributed by atoms with Crippen LogP contribution in [-0.4, -0.2) is 47.3 Å². The Labute approximate surface area is 103 Å². The summed E-state index contributed by atoms with van der Waals surface area (Å²) in [6.45, 7) is 7.35. The first-order chi connectivity index (χ1) is 8.00.